The maximum atomic E-state index is 12.5. The fourth-order valence-electron chi connectivity index (χ4n) is 3.37. The molecule has 1 aromatic heterocycles. The van der Waals surface area contributed by atoms with Gasteiger partial charge in [-0.2, -0.15) is 18.3 Å². The molecule has 0 aliphatic carbocycles. The molecule has 2 aliphatic heterocycles. The van der Waals surface area contributed by atoms with Crippen LogP contribution in [0.25, 0.3) is 0 Å². The molecule has 0 radical (unpaired) electrons. The van der Waals surface area contributed by atoms with Crippen molar-refractivity contribution >= 4 is 0 Å². The largest absolute Gasteiger partial charge is 0.435 e. The van der Waals surface area contributed by atoms with Crippen molar-refractivity contribution in [3.8, 4) is 0 Å². The van der Waals surface area contributed by atoms with E-state index in [0.717, 1.165) is 18.9 Å². The number of nitrogens with one attached hydrogen (secondary N) is 2. The lowest BCUT2D eigenvalue weighted by Gasteiger charge is -2.35. The topological polar surface area (TPSA) is 44.0 Å². The summed E-state index contributed by atoms with van der Waals surface area (Å²) in [7, 11) is 1.98. The van der Waals surface area contributed by atoms with Crippen molar-refractivity contribution < 1.29 is 13.2 Å². The van der Waals surface area contributed by atoms with E-state index in [1.165, 1.54) is 12.8 Å². The Balaban J connectivity index is 1.61. The normalized spacial score (nSPS) is 30.1. The van der Waals surface area contributed by atoms with E-state index in [1.54, 1.807) is 0 Å². The van der Waals surface area contributed by atoms with Crippen LogP contribution in [0.2, 0.25) is 0 Å². The lowest BCUT2D eigenvalue weighted by atomic mass is 9.98. The number of aromatic nitrogens is 2. The summed E-state index contributed by atoms with van der Waals surface area (Å²) in [4.78, 5) is 2.14. The van der Waals surface area contributed by atoms with Gasteiger partial charge in [0.1, 0.15) is 0 Å². The van der Waals surface area contributed by atoms with Gasteiger partial charge >= 0.3 is 6.18 Å². The van der Waals surface area contributed by atoms with Crippen molar-refractivity contribution in [3.63, 3.8) is 0 Å². The Kier molecular flexibility index (Phi) is 3.50. The van der Waals surface area contributed by atoms with Crippen LogP contribution in [0.1, 0.15) is 37.1 Å². The molecule has 2 saturated heterocycles. The maximum absolute atomic E-state index is 12.5. The van der Waals surface area contributed by atoms with Gasteiger partial charge in [0.15, 0.2) is 5.69 Å². The highest BCUT2D eigenvalue weighted by Crippen LogP contribution is 2.31. The van der Waals surface area contributed by atoms with Crippen LogP contribution >= 0.6 is 0 Å². The van der Waals surface area contributed by atoms with Crippen molar-refractivity contribution in [1.29, 1.82) is 0 Å². The Labute approximate surface area is 115 Å². The molecule has 2 fully saturated rings. The Hall–Kier alpha value is -1.08. The van der Waals surface area contributed by atoms with Crippen LogP contribution < -0.4 is 5.32 Å². The van der Waals surface area contributed by atoms with Crippen molar-refractivity contribution in [2.75, 3.05) is 7.05 Å². The van der Waals surface area contributed by atoms with Crippen molar-refractivity contribution in [2.24, 2.45) is 0 Å². The SMILES string of the molecule is CN(Cc1cc(C(F)(F)F)n[nH]1)C1CC2CCC(C1)N2. The highest BCUT2D eigenvalue weighted by Gasteiger charge is 2.36. The average Bonchev–Trinajstić information content (AvgIpc) is 2.96. The van der Waals surface area contributed by atoms with Crippen molar-refractivity contribution in [3.05, 3.63) is 17.5 Å². The molecule has 112 valence electrons. The number of hydrogen-bond acceptors (Lipinski definition) is 3. The summed E-state index contributed by atoms with van der Waals surface area (Å²) in [6, 6.07) is 2.69. The molecule has 4 nitrogen and oxygen atoms in total. The fraction of sp³-hybridized carbons (Fsp3) is 0.769. The third-order valence-electron chi connectivity index (χ3n) is 4.41. The number of alkyl halides is 3. The van der Waals surface area contributed by atoms with Crippen LogP contribution in [0.3, 0.4) is 0 Å². The van der Waals surface area contributed by atoms with E-state index in [4.69, 9.17) is 0 Å². The summed E-state index contributed by atoms with van der Waals surface area (Å²) in [6.07, 6.45) is 0.219. The maximum Gasteiger partial charge on any atom is 0.435 e. The summed E-state index contributed by atoms with van der Waals surface area (Å²) in [5.74, 6) is 0. The van der Waals surface area contributed by atoms with Crippen LogP contribution in [-0.4, -0.2) is 40.3 Å². The third kappa shape index (κ3) is 2.83. The van der Waals surface area contributed by atoms with Crippen LogP contribution in [-0.2, 0) is 12.7 Å². The summed E-state index contributed by atoms with van der Waals surface area (Å²) < 4.78 is 37.5. The zero-order valence-electron chi connectivity index (χ0n) is 11.4. The van der Waals surface area contributed by atoms with E-state index in [2.05, 4.69) is 20.4 Å². The van der Waals surface area contributed by atoms with Gasteiger partial charge in [-0.1, -0.05) is 0 Å². The molecule has 2 bridgehead atoms. The van der Waals surface area contributed by atoms with Crippen LogP contribution in [0, 0.1) is 0 Å². The lowest BCUT2D eigenvalue weighted by molar-refractivity contribution is -0.141. The van der Waals surface area contributed by atoms with Gasteiger partial charge in [0.2, 0.25) is 0 Å². The zero-order valence-corrected chi connectivity index (χ0v) is 11.4. The Morgan fingerprint density at radius 3 is 2.50 bits per heavy atom. The number of hydrogen-bond donors (Lipinski definition) is 2. The number of piperidine rings is 1. The highest BCUT2D eigenvalue weighted by atomic mass is 19.4. The monoisotopic (exact) mass is 288 g/mol. The molecule has 0 amide bonds. The van der Waals surface area contributed by atoms with E-state index in [0.29, 0.717) is 30.4 Å². The molecule has 20 heavy (non-hydrogen) atoms. The number of rotatable bonds is 3. The Morgan fingerprint density at radius 2 is 1.95 bits per heavy atom. The van der Waals surface area contributed by atoms with Gasteiger partial charge in [-0.05, 0) is 38.8 Å². The second-order valence-corrected chi connectivity index (χ2v) is 5.95. The smallest absolute Gasteiger partial charge is 0.311 e. The van der Waals surface area contributed by atoms with Crippen molar-refractivity contribution in [1.82, 2.24) is 20.4 Å². The first-order chi connectivity index (χ1) is 9.41. The third-order valence-corrected chi connectivity index (χ3v) is 4.41. The van der Waals surface area contributed by atoms with Crippen LogP contribution in [0.4, 0.5) is 13.2 Å². The second kappa shape index (κ2) is 5.04. The van der Waals surface area contributed by atoms with E-state index in [-0.39, 0.29) is 0 Å². The number of aromatic amines is 1. The average molecular weight is 288 g/mol. The van der Waals surface area contributed by atoms with Gasteiger partial charge in [0, 0.05) is 30.4 Å². The molecule has 2 atom stereocenters. The molecule has 1 aromatic rings. The molecule has 3 rings (SSSR count). The minimum atomic E-state index is -4.37. The molecule has 7 heteroatoms. The standard InChI is InChI=1S/C13H19F3N4/c1-20(11-4-8-2-3-9(5-11)17-8)7-10-6-12(19-18-10)13(14,15)16/h6,8-9,11,17H,2-5,7H2,1H3,(H,18,19). The van der Waals surface area contributed by atoms with Gasteiger partial charge in [0.25, 0.3) is 0 Å². The quantitative estimate of drug-likeness (QED) is 0.895. The number of nitrogens with zero attached hydrogens (tertiary/aromatic N) is 2. The second-order valence-electron chi connectivity index (χ2n) is 5.95. The van der Waals surface area contributed by atoms with E-state index < -0.39 is 11.9 Å². The number of halogens is 3. The molecule has 0 aromatic carbocycles. The van der Waals surface area contributed by atoms with E-state index in [9.17, 15) is 13.2 Å². The fourth-order valence-corrected chi connectivity index (χ4v) is 3.37. The molecule has 3 heterocycles. The van der Waals surface area contributed by atoms with Gasteiger partial charge in [-0.15, -0.1) is 0 Å². The molecule has 2 unspecified atom stereocenters. The molecule has 0 spiro atoms. The number of H-pyrrole nitrogens is 1. The van der Waals surface area contributed by atoms with Gasteiger partial charge < -0.3 is 5.32 Å². The Morgan fingerprint density at radius 1 is 1.30 bits per heavy atom. The number of fused-ring (bicyclic) bond motifs is 2. The zero-order chi connectivity index (χ0) is 14.3. The predicted molar refractivity (Wildman–Crippen MR) is 68.0 cm³/mol. The first-order valence-electron chi connectivity index (χ1n) is 6.99. The summed E-state index contributed by atoms with van der Waals surface area (Å²) >= 11 is 0. The summed E-state index contributed by atoms with van der Waals surface area (Å²) in [5.41, 5.74) is -0.322. The molecule has 2 aliphatic rings. The van der Waals surface area contributed by atoms with Gasteiger partial charge in [-0.3, -0.25) is 10.00 Å². The summed E-state index contributed by atoms with van der Waals surface area (Å²) in [5, 5.41) is 9.40. The first kappa shape index (κ1) is 13.9. The molecule has 0 saturated carbocycles. The first-order valence-corrected chi connectivity index (χ1v) is 6.99. The van der Waals surface area contributed by atoms with Gasteiger partial charge in [0.05, 0.1) is 0 Å². The molecule has 2 N–H and O–H groups in total. The van der Waals surface area contributed by atoms with Crippen LogP contribution in [0.5, 0.6) is 0 Å². The lowest BCUT2D eigenvalue weighted by Crippen LogP contribution is -2.46. The Bertz CT molecular complexity index is 458. The molecular weight excluding hydrogens is 269 g/mol. The van der Waals surface area contributed by atoms with Gasteiger partial charge in [-0.25, -0.2) is 0 Å². The summed E-state index contributed by atoms with van der Waals surface area (Å²) in [6.45, 7) is 0.479. The highest BCUT2D eigenvalue weighted by molar-refractivity contribution is 5.11. The van der Waals surface area contributed by atoms with E-state index >= 15 is 0 Å². The molecular formula is C13H19F3N4. The van der Waals surface area contributed by atoms with Crippen LogP contribution in [0.15, 0.2) is 6.07 Å². The minimum Gasteiger partial charge on any atom is -0.311 e. The van der Waals surface area contributed by atoms with E-state index in [1.807, 2.05) is 7.05 Å². The predicted octanol–water partition coefficient (Wildman–Crippen LogP) is 2.14. The minimum absolute atomic E-state index is 0.436. The van der Waals surface area contributed by atoms with Crippen molar-refractivity contribution in [2.45, 2.75) is 56.5 Å².